The third kappa shape index (κ3) is 7.33. The predicted molar refractivity (Wildman–Crippen MR) is 227 cm³/mol. The van der Waals surface area contributed by atoms with E-state index in [4.69, 9.17) is 14.7 Å². The summed E-state index contributed by atoms with van der Waals surface area (Å²) in [5.41, 5.74) is 8.07. The van der Waals surface area contributed by atoms with E-state index in [2.05, 4.69) is 167 Å². The number of amidine groups is 1. The molecule has 0 bridgehead atoms. The van der Waals surface area contributed by atoms with E-state index in [0.29, 0.717) is 17.5 Å². The van der Waals surface area contributed by atoms with Crippen LogP contribution in [0.5, 0.6) is 11.5 Å². The van der Waals surface area contributed by atoms with Gasteiger partial charge in [-0.3, -0.25) is 0 Å². The first-order chi connectivity index (χ1) is 25.1. The molecule has 0 radical (unpaired) electrons. The molecule has 0 spiro atoms. The number of hydrogen-bond acceptors (Lipinski definition) is 4. The Balaban J connectivity index is 0.00000514. The summed E-state index contributed by atoms with van der Waals surface area (Å²) in [5.74, 6) is 2.39. The van der Waals surface area contributed by atoms with Gasteiger partial charge in [-0.2, -0.15) is 5.56 Å². The molecule has 1 aliphatic heterocycles. The molecule has 0 amide bonds. The zero-order valence-electron chi connectivity index (χ0n) is 35.8. The van der Waals surface area contributed by atoms with Gasteiger partial charge in [0.05, 0.1) is 16.6 Å². The van der Waals surface area contributed by atoms with Crippen molar-refractivity contribution >= 4 is 27.8 Å². The van der Waals surface area contributed by atoms with Crippen LogP contribution in [0.2, 0.25) is 0 Å². The maximum atomic E-state index is 6.87. The van der Waals surface area contributed by atoms with Crippen LogP contribution in [0.1, 0.15) is 143 Å². The quantitative estimate of drug-likeness (QED) is 0.165. The molecule has 2 aliphatic rings. The number of hydrogen-bond donors (Lipinski definition) is 0. The molecule has 0 N–H and O–H groups in total. The predicted octanol–water partition coefficient (Wildman–Crippen LogP) is 12.8. The maximum absolute atomic E-state index is 6.87. The molecule has 5 nitrogen and oxygen atoms in total. The Hall–Kier alpha value is -3.43. The van der Waals surface area contributed by atoms with Crippen LogP contribution < -0.4 is 4.74 Å². The fourth-order valence-electron chi connectivity index (χ4n) is 8.96. The number of rotatable bonds is 5. The average Bonchev–Trinajstić information content (AvgIpc) is 3.51. The van der Waals surface area contributed by atoms with Crippen LogP contribution in [0.4, 0.5) is 0 Å². The molecule has 3 aromatic carbocycles. The Morgan fingerprint density at radius 2 is 1.38 bits per heavy atom. The first kappa shape index (κ1) is 41.2. The van der Waals surface area contributed by atoms with E-state index in [1.54, 1.807) is 0 Å². The minimum absolute atomic E-state index is 0. The Bertz CT molecular complexity index is 2270. The van der Waals surface area contributed by atoms with E-state index in [1.165, 1.54) is 48.6 Å². The van der Waals surface area contributed by atoms with Crippen molar-refractivity contribution in [2.24, 2.45) is 10.4 Å². The third-order valence-electron chi connectivity index (χ3n) is 12.7. The minimum Gasteiger partial charge on any atom is -0.503 e. The Morgan fingerprint density at radius 3 is 2.02 bits per heavy atom. The monoisotopic (exact) mass is 917 g/mol. The first-order valence-corrected chi connectivity index (χ1v) is 20.2. The zero-order valence-corrected chi connectivity index (χ0v) is 38.1. The largest absolute Gasteiger partial charge is 2.00 e. The molecular formula is C49H62N4OPt. The summed E-state index contributed by atoms with van der Waals surface area (Å²) in [4.78, 5) is 13.4. The van der Waals surface area contributed by atoms with Gasteiger partial charge in [0, 0.05) is 40.3 Å². The number of pyridine rings is 1. The molecule has 1 aliphatic carbocycles. The van der Waals surface area contributed by atoms with Crippen LogP contribution in [0.15, 0.2) is 59.7 Å². The second kappa shape index (κ2) is 14.2. The van der Waals surface area contributed by atoms with Gasteiger partial charge in [0.15, 0.2) is 0 Å². The number of aliphatic imine (C=N–C) groups is 1. The Morgan fingerprint density at radius 1 is 0.727 bits per heavy atom. The number of fused-ring (bicyclic) bond motifs is 3. The molecule has 2 aromatic heterocycles. The molecule has 7 rings (SSSR count). The van der Waals surface area contributed by atoms with Gasteiger partial charge in [-0.15, -0.1) is 35.4 Å². The number of aromatic nitrogens is 2. The number of nitrogens with zero attached hydrogens (tertiary/aromatic N) is 4. The summed E-state index contributed by atoms with van der Waals surface area (Å²) in [6.07, 6.45) is 8.19. The van der Waals surface area contributed by atoms with Crippen molar-refractivity contribution in [3.05, 3.63) is 94.7 Å². The molecule has 6 heteroatoms. The molecule has 3 heterocycles. The van der Waals surface area contributed by atoms with Crippen LogP contribution in [0.25, 0.3) is 27.6 Å². The standard InChI is InChI=1S/C49H62N4O.Pt/c1-31-22-37(52-42-21-20-34(45(3,4)5)28-40(42)41-24-32(2)30-50-44(41)52)29-38(23-31)54-39-26-33(25-35(27-39)46(6,7)8)43-51-49(14,47(9,10)11)48(12,13)53(43)36-18-16-15-17-19-36;/h20-25,27-28,30,36H,15-19H2,1-14H3;/q-2;+2/t49-;/m1./s1. The molecule has 294 valence electrons. The fourth-order valence-corrected chi connectivity index (χ4v) is 8.96. The van der Waals surface area contributed by atoms with Gasteiger partial charge in [-0.1, -0.05) is 112 Å². The van der Waals surface area contributed by atoms with Crippen LogP contribution in [0, 0.1) is 31.4 Å². The third-order valence-corrected chi connectivity index (χ3v) is 12.7. The first-order valence-electron chi connectivity index (χ1n) is 20.2. The molecule has 55 heavy (non-hydrogen) atoms. The van der Waals surface area contributed by atoms with Gasteiger partial charge < -0.3 is 19.2 Å². The van der Waals surface area contributed by atoms with Crippen LogP contribution in [-0.4, -0.2) is 37.4 Å². The van der Waals surface area contributed by atoms with E-state index >= 15 is 0 Å². The Kier molecular flexibility index (Phi) is 10.6. The summed E-state index contributed by atoms with van der Waals surface area (Å²) >= 11 is 0. The topological polar surface area (TPSA) is 42.6 Å². The van der Waals surface area contributed by atoms with E-state index < -0.39 is 0 Å². The van der Waals surface area contributed by atoms with Crippen LogP contribution in [0.3, 0.4) is 0 Å². The minimum atomic E-state index is -0.304. The molecule has 1 atom stereocenters. The number of aryl methyl sites for hydroxylation is 2. The van der Waals surface area contributed by atoms with Crippen molar-refractivity contribution in [1.82, 2.24) is 14.5 Å². The number of benzene rings is 3. The van der Waals surface area contributed by atoms with Crippen molar-refractivity contribution in [3.8, 4) is 17.2 Å². The number of ether oxygens (including phenoxy) is 1. The van der Waals surface area contributed by atoms with Crippen molar-refractivity contribution in [3.63, 3.8) is 0 Å². The molecular weight excluding hydrogens is 856 g/mol. The molecule has 1 saturated carbocycles. The molecule has 5 aromatic rings. The second-order valence-corrected chi connectivity index (χ2v) is 20.1. The normalized spacial score (nSPS) is 19.5. The molecule has 0 saturated heterocycles. The molecule has 0 unspecified atom stereocenters. The summed E-state index contributed by atoms with van der Waals surface area (Å²) in [6, 6.07) is 25.7. The van der Waals surface area contributed by atoms with E-state index in [-0.39, 0.29) is 48.4 Å². The molecule has 1 fully saturated rings. The second-order valence-electron chi connectivity index (χ2n) is 20.1. The summed E-state index contributed by atoms with van der Waals surface area (Å²) < 4.78 is 9.11. The van der Waals surface area contributed by atoms with Crippen molar-refractivity contribution in [2.75, 3.05) is 0 Å². The average molecular weight is 918 g/mol. The summed E-state index contributed by atoms with van der Waals surface area (Å²) in [7, 11) is 0. The van der Waals surface area contributed by atoms with Gasteiger partial charge in [-0.05, 0) is 86.1 Å². The maximum Gasteiger partial charge on any atom is 2.00 e. The van der Waals surface area contributed by atoms with Gasteiger partial charge in [0.25, 0.3) is 0 Å². The van der Waals surface area contributed by atoms with E-state index in [9.17, 15) is 0 Å². The van der Waals surface area contributed by atoms with Gasteiger partial charge >= 0.3 is 21.1 Å². The van der Waals surface area contributed by atoms with Crippen molar-refractivity contribution < 1.29 is 25.8 Å². The van der Waals surface area contributed by atoms with E-state index in [1.807, 2.05) is 6.20 Å². The fraction of sp³-hybridized carbons (Fsp3) is 0.510. The van der Waals surface area contributed by atoms with Gasteiger partial charge in [0.1, 0.15) is 5.65 Å². The van der Waals surface area contributed by atoms with Crippen LogP contribution in [-0.2, 0) is 31.9 Å². The summed E-state index contributed by atoms with van der Waals surface area (Å²) in [5, 5.41) is 2.35. The van der Waals surface area contributed by atoms with Crippen LogP contribution >= 0.6 is 0 Å². The van der Waals surface area contributed by atoms with Gasteiger partial charge in [-0.25, -0.2) is 4.98 Å². The zero-order chi connectivity index (χ0) is 39.2. The Labute approximate surface area is 345 Å². The van der Waals surface area contributed by atoms with Crippen molar-refractivity contribution in [1.29, 1.82) is 0 Å². The smallest absolute Gasteiger partial charge is 0.503 e. The van der Waals surface area contributed by atoms with Crippen molar-refractivity contribution in [2.45, 2.75) is 157 Å². The summed E-state index contributed by atoms with van der Waals surface area (Å²) in [6.45, 7) is 32.0. The SMILES string of the molecule is Cc1cc(Oc2[c-]c(C3=N[C@](C)(C(C)(C)C)C(C)(C)N3C3CCCCC3)cc(C(C)(C)C)c2)[c-]c(-n2c3ccc(C(C)(C)C)cc3c3cc(C)cnc32)c1.[Pt+2]. The van der Waals surface area contributed by atoms with Gasteiger partial charge in [0.2, 0.25) is 0 Å². The van der Waals surface area contributed by atoms with E-state index in [0.717, 1.165) is 44.8 Å².